The number of hydrogen-bond acceptors (Lipinski definition) is 6. The number of carbonyl (C=O) groups is 2. The van der Waals surface area contributed by atoms with E-state index in [1.165, 1.54) is 6.07 Å². The van der Waals surface area contributed by atoms with Crippen molar-refractivity contribution >= 4 is 11.6 Å². The average Bonchev–Trinajstić information content (AvgIpc) is 2.81. The fourth-order valence-electron chi connectivity index (χ4n) is 5.65. The zero-order valence-electron chi connectivity index (χ0n) is 21.5. The number of carbonyl (C=O) groups excluding carboxylic acids is 2. The van der Waals surface area contributed by atoms with Crippen LogP contribution < -0.4 is 4.74 Å². The Labute approximate surface area is 216 Å². The highest BCUT2D eigenvalue weighted by Gasteiger charge is 2.47. The Morgan fingerprint density at radius 3 is 1.78 bits per heavy atom. The molecule has 1 heterocycles. The molecule has 2 aromatic carbocycles. The van der Waals surface area contributed by atoms with E-state index in [2.05, 4.69) is 27.7 Å². The van der Waals surface area contributed by atoms with Crippen LogP contribution in [0.25, 0.3) is 0 Å². The number of hydrogen-bond donors (Lipinski definition) is 0. The molecule has 2 aromatic rings. The van der Waals surface area contributed by atoms with Crippen LogP contribution in [0.4, 0.5) is 0 Å². The first-order valence-corrected chi connectivity index (χ1v) is 12.4. The first kappa shape index (κ1) is 24.5. The lowest BCUT2D eigenvalue weighted by Crippen LogP contribution is -2.37. The third-order valence-electron chi connectivity index (χ3n) is 7.26. The molecule has 1 aliphatic heterocycles. The quantitative estimate of drug-likeness (QED) is 0.477. The van der Waals surface area contributed by atoms with E-state index in [0.717, 1.165) is 5.56 Å². The summed E-state index contributed by atoms with van der Waals surface area (Å²) >= 11 is 0. The predicted molar refractivity (Wildman–Crippen MR) is 136 cm³/mol. The van der Waals surface area contributed by atoms with E-state index in [-0.39, 0.29) is 28.0 Å². The topological polar surface area (TPSA) is 100 Å². The summed E-state index contributed by atoms with van der Waals surface area (Å²) in [5.41, 5.74) is 2.18. The van der Waals surface area contributed by atoms with Crippen molar-refractivity contribution in [1.29, 1.82) is 10.5 Å². The minimum absolute atomic E-state index is 0.0300. The van der Waals surface area contributed by atoms with Crippen LogP contribution >= 0.6 is 0 Å². The monoisotopic (exact) mass is 492 g/mol. The molecule has 0 saturated heterocycles. The normalized spacial score (nSPS) is 20.4. The van der Waals surface area contributed by atoms with Gasteiger partial charge in [-0.3, -0.25) is 9.59 Å². The van der Waals surface area contributed by atoms with E-state index in [1.54, 1.807) is 24.3 Å². The number of Topliss-reactive ketones (excluding diaryl/α,β-unsaturated/α-hetero) is 2. The molecule has 2 aliphatic carbocycles. The summed E-state index contributed by atoms with van der Waals surface area (Å²) in [6.45, 7) is 8.28. The van der Waals surface area contributed by atoms with E-state index in [1.807, 2.05) is 24.3 Å². The molecular weight excluding hydrogens is 464 g/mol. The zero-order valence-corrected chi connectivity index (χ0v) is 21.5. The van der Waals surface area contributed by atoms with Crippen LogP contribution in [-0.2, 0) is 14.3 Å². The van der Waals surface area contributed by atoms with Crippen LogP contribution in [0.1, 0.15) is 76.0 Å². The second kappa shape index (κ2) is 8.75. The third-order valence-corrected chi connectivity index (χ3v) is 7.26. The van der Waals surface area contributed by atoms with Crippen LogP contribution in [0.3, 0.4) is 0 Å². The van der Waals surface area contributed by atoms with Gasteiger partial charge in [0, 0.05) is 42.7 Å². The molecule has 186 valence electrons. The van der Waals surface area contributed by atoms with Gasteiger partial charge in [0.25, 0.3) is 0 Å². The molecule has 37 heavy (non-hydrogen) atoms. The van der Waals surface area contributed by atoms with Crippen molar-refractivity contribution in [3.05, 3.63) is 81.8 Å². The Kier molecular flexibility index (Phi) is 5.80. The molecular formula is C31H28N2O4. The first-order valence-electron chi connectivity index (χ1n) is 12.4. The number of ketones is 2. The minimum Gasteiger partial charge on any atom is -0.465 e. The highest BCUT2D eigenvalue weighted by atomic mass is 16.5. The Balaban J connectivity index is 1.53. The van der Waals surface area contributed by atoms with Gasteiger partial charge in [-0.2, -0.15) is 10.5 Å². The SMILES string of the molecule is CC1(C)CC(=O)C2=C(C1)OC1=C(C(=O)CC(C)(C)C1)C2c1ccc(Oc2ccc(C#N)c(C#N)c2)cc1. The van der Waals surface area contributed by atoms with E-state index >= 15 is 0 Å². The van der Waals surface area contributed by atoms with Gasteiger partial charge >= 0.3 is 0 Å². The molecule has 0 unspecified atom stereocenters. The van der Waals surface area contributed by atoms with Gasteiger partial charge in [0.1, 0.15) is 35.2 Å². The summed E-state index contributed by atoms with van der Waals surface area (Å²) in [7, 11) is 0. The maximum atomic E-state index is 13.4. The number of nitrogens with zero attached hydrogens (tertiary/aromatic N) is 2. The molecule has 0 atom stereocenters. The van der Waals surface area contributed by atoms with Crippen molar-refractivity contribution in [1.82, 2.24) is 0 Å². The molecule has 0 saturated carbocycles. The third kappa shape index (κ3) is 4.56. The average molecular weight is 493 g/mol. The van der Waals surface area contributed by atoms with Gasteiger partial charge in [0.2, 0.25) is 0 Å². The van der Waals surface area contributed by atoms with Gasteiger partial charge in [0.15, 0.2) is 11.6 Å². The van der Waals surface area contributed by atoms with Crippen molar-refractivity contribution in [2.45, 2.75) is 59.3 Å². The molecule has 0 aromatic heterocycles. The summed E-state index contributed by atoms with van der Waals surface area (Å²) in [6.07, 6.45) is 2.12. The molecule has 5 rings (SSSR count). The zero-order chi connectivity index (χ0) is 26.5. The molecule has 3 aliphatic rings. The summed E-state index contributed by atoms with van der Waals surface area (Å²) in [5, 5.41) is 18.4. The first-order chi connectivity index (χ1) is 17.5. The van der Waals surface area contributed by atoms with Gasteiger partial charge < -0.3 is 9.47 Å². The van der Waals surface area contributed by atoms with E-state index in [9.17, 15) is 14.9 Å². The molecule has 0 spiro atoms. The van der Waals surface area contributed by atoms with Gasteiger partial charge in [-0.05, 0) is 46.7 Å². The second-order valence-electron chi connectivity index (χ2n) is 11.7. The van der Waals surface area contributed by atoms with Gasteiger partial charge in [-0.25, -0.2) is 0 Å². The highest BCUT2D eigenvalue weighted by molar-refractivity contribution is 6.06. The van der Waals surface area contributed by atoms with Crippen LogP contribution in [0.15, 0.2) is 65.1 Å². The van der Waals surface area contributed by atoms with E-state index < -0.39 is 5.92 Å². The summed E-state index contributed by atoms with van der Waals surface area (Å²) < 4.78 is 12.3. The predicted octanol–water partition coefficient (Wildman–Crippen LogP) is 6.62. The lowest BCUT2D eigenvalue weighted by Gasteiger charge is -2.42. The van der Waals surface area contributed by atoms with Crippen LogP contribution in [0.5, 0.6) is 11.5 Å². The number of benzene rings is 2. The van der Waals surface area contributed by atoms with E-state index in [4.69, 9.17) is 14.7 Å². The van der Waals surface area contributed by atoms with Gasteiger partial charge in [-0.1, -0.05) is 39.8 Å². The highest BCUT2D eigenvalue weighted by Crippen LogP contribution is 2.53. The summed E-state index contributed by atoms with van der Waals surface area (Å²) in [5.74, 6) is 1.97. The Hall–Kier alpha value is -4.16. The van der Waals surface area contributed by atoms with Gasteiger partial charge in [0.05, 0.1) is 11.1 Å². The Morgan fingerprint density at radius 2 is 1.27 bits per heavy atom. The summed E-state index contributed by atoms with van der Waals surface area (Å²) in [4.78, 5) is 26.8. The van der Waals surface area contributed by atoms with Crippen molar-refractivity contribution in [3.63, 3.8) is 0 Å². The van der Waals surface area contributed by atoms with Crippen molar-refractivity contribution in [3.8, 4) is 23.6 Å². The maximum Gasteiger partial charge on any atom is 0.163 e. The number of nitriles is 2. The second-order valence-corrected chi connectivity index (χ2v) is 11.7. The number of rotatable bonds is 3. The maximum absolute atomic E-state index is 13.4. The Morgan fingerprint density at radius 1 is 0.757 bits per heavy atom. The van der Waals surface area contributed by atoms with Crippen LogP contribution in [-0.4, -0.2) is 11.6 Å². The lowest BCUT2D eigenvalue weighted by molar-refractivity contribution is -0.120. The Bertz CT molecular complexity index is 1420. The molecule has 0 radical (unpaired) electrons. The van der Waals surface area contributed by atoms with Gasteiger partial charge in [-0.15, -0.1) is 0 Å². The standard InChI is InChI=1S/C31H28N2O4/c1-30(2)12-23(34)28-25(14-30)37-26-15-31(3,4)13-24(35)29(26)27(28)18-5-8-21(9-6-18)36-22-10-7-19(16-32)20(11-22)17-33/h5-11,27H,12-15H2,1-4H3. The molecule has 0 fully saturated rings. The molecule has 6 nitrogen and oxygen atoms in total. The lowest BCUT2D eigenvalue weighted by atomic mass is 9.65. The fraction of sp³-hybridized carbons (Fsp3) is 0.355. The number of allylic oxidation sites excluding steroid dienone is 4. The van der Waals surface area contributed by atoms with E-state index in [0.29, 0.717) is 65.4 Å². The van der Waals surface area contributed by atoms with Crippen LogP contribution in [0, 0.1) is 33.5 Å². The fourth-order valence-corrected chi connectivity index (χ4v) is 5.65. The smallest absolute Gasteiger partial charge is 0.163 e. The van der Waals surface area contributed by atoms with Crippen molar-refractivity contribution in [2.75, 3.05) is 0 Å². The molecule has 0 bridgehead atoms. The molecule has 0 amide bonds. The minimum atomic E-state index is -0.458. The van der Waals surface area contributed by atoms with Crippen molar-refractivity contribution in [2.24, 2.45) is 10.8 Å². The summed E-state index contributed by atoms with van der Waals surface area (Å²) in [6, 6.07) is 16.1. The van der Waals surface area contributed by atoms with Crippen molar-refractivity contribution < 1.29 is 19.1 Å². The largest absolute Gasteiger partial charge is 0.465 e. The molecule has 6 heteroatoms. The number of ether oxygens (including phenoxy) is 2. The molecule has 0 N–H and O–H groups in total. The van der Waals surface area contributed by atoms with Crippen LogP contribution in [0.2, 0.25) is 0 Å².